The van der Waals surface area contributed by atoms with Crippen LogP contribution >= 0.6 is 0 Å². The predicted octanol–water partition coefficient (Wildman–Crippen LogP) is 3.68. The molecule has 0 unspecified atom stereocenters. The average Bonchev–Trinajstić information content (AvgIpc) is 3.02. The first kappa shape index (κ1) is 13.7. The minimum absolute atomic E-state index is 0.0327. The molecule has 116 valence electrons. The molecule has 0 N–H and O–H groups in total. The maximum Gasteiger partial charge on any atom is 0.258 e. The van der Waals surface area contributed by atoms with Crippen LogP contribution in [0.3, 0.4) is 0 Å². The summed E-state index contributed by atoms with van der Waals surface area (Å²) < 4.78 is 33.7. The first-order chi connectivity index (χ1) is 10.4. The van der Waals surface area contributed by atoms with E-state index < -0.39 is 11.3 Å². The Kier molecular flexibility index (Phi) is 2.55. The van der Waals surface area contributed by atoms with Gasteiger partial charge >= 0.3 is 0 Å². The zero-order valence-corrected chi connectivity index (χ0v) is 12.5. The first-order valence-electron chi connectivity index (χ1n) is 7.44. The van der Waals surface area contributed by atoms with Crippen LogP contribution in [-0.2, 0) is 0 Å². The lowest BCUT2D eigenvalue weighted by molar-refractivity contribution is 0.00491. The number of aromatic nitrogens is 1. The summed E-state index contributed by atoms with van der Waals surface area (Å²) >= 11 is 0. The Balaban J connectivity index is 1.79. The summed E-state index contributed by atoms with van der Waals surface area (Å²) in [5, 5.41) is 1.35. The first-order valence-corrected chi connectivity index (χ1v) is 7.44. The molecule has 0 amide bonds. The van der Waals surface area contributed by atoms with E-state index >= 15 is 0 Å². The van der Waals surface area contributed by atoms with Gasteiger partial charge in [-0.25, -0.2) is 8.78 Å². The van der Waals surface area contributed by atoms with E-state index in [1.807, 2.05) is 25.1 Å². The highest BCUT2D eigenvalue weighted by atomic mass is 19.3. The number of methoxy groups -OCH3 is 1. The molecule has 22 heavy (non-hydrogen) atoms. The van der Waals surface area contributed by atoms with Gasteiger partial charge in [-0.3, -0.25) is 4.79 Å². The van der Waals surface area contributed by atoms with Crippen LogP contribution in [0, 0.1) is 12.3 Å². The Morgan fingerprint density at radius 3 is 2.55 bits per heavy atom. The van der Waals surface area contributed by atoms with Crippen LogP contribution in [0.1, 0.15) is 30.9 Å². The minimum atomic E-state index is -2.54. The molecule has 4 rings (SSSR count). The molecular formula is C17H17F2NO2. The van der Waals surface area contributed by atoms with Gasteiger partial charge in [0.15, 0.2) is 0 Å². The van der Waals surface area contributed by atoms with Gasteiger partial charge in [-0.05, 0) is 25.8 Å². The lowest BCUT2D eigenvalue weighted by Crippen LogP contribution is -2.37. The van der Waals surface area contributed by atoms with Crippen molar-refractivity contribution in [3.63, 3.8) is 0 Å². The van der Waals surface area contributed by atoms with Crippen LogP contribution in [0.25, 0.3) is 10.8 Å². The smallest absolute Gasteiger partial charge is 0.258 e. The second kappa shape index (κ2) is 4.09. The van der Waals surface area contributed by atoms with Crippen LogP contribution in [-0.4, -0.2) is 17.6 Å². The van der Waals surface area contributed by atoms with Crippen LogP contribution in [0.5, 0.6) is 5.75 Å². The molecule has 0 atom stereocenters. The number of halogens is 2. The summed E-state index contributed by atoms with van der Waals surface area (Å²) in [4.78, 5) is 12.7. The fourth-order valence-corrected chi connectivity index (χ4v) is 3.74. The summed E-state index contributed by atoms with van der Waals surface area (Å²) in [7, 11) is 1.56. The largest absolute Gasteiger partial charge is 0.495 e. The van der Waals surface area contributed by atoms with Crippen LogP contribution in [0.15, 0.2) is 29.2 Å². The predicted molar refractivity (Wildman–Crippen MR) is 79.8 cm³/mol. The van der Waals surface area contributed by atoms with Crippen molar-refractivity contribution in [3.05, 3.63) is 40.3 Å². The topological polar surface area (TPSA) is 31.2 Å². The van der Waals surface area contributed by atoms with E-state index in [1.165, 1.54) is 0 Å². The molecule has 0 radical (unpaired) electrons. The van der Waals surface area contributed by atoms with Crippen molar-refractivity contribution in [1.82, 2.24) is 4.57 Å². The summed E-state index contributed by atoms with van der Waals surface area (Å²) in [6.45, 7) is 1.92. The van der Waals surface area contributed by atoms with Gasteiger partial charge in [0.25, 0.3) is 11.5 Å². The van der Waals surface area contributed by atoms with Crippen molar-refractivity contribution in [2.75, 3.05) is 7.11 Å². The molecule has 2 aliphatic carbocycles. The number of pyridine rings is 1. The van der Waals surface area contributed by atoms with Crippen molar-refractivity contribution in [3.8, 4) is 5.75 Å². The molecule has 5 heteroatoms. The highest BCUT2D eigenvalue weighted by Gasteiger charge is 2.75. The summed E-state index contributed by atoms with van der Waals surface area (Å²) in [5.41, 5.74) is 0.0258. The fraction of sp³-hybridized carbons (Fsp3) is 0.471. The number of aryl methyl sites for hydroxylation is 1. The molecule has 2 saturated carbocycles. The Morgan fingerprint density at radius 2 is 1.95 bits per heavy atom. The van der Waals surface area contributed by atoms with Crippen molar-refractivity contribution >= 4 is 10.8 Å². The number of ether oxygens (including phenoxy) is 1. The van der Waals surface area contributed by atoms with Crippen LogP contribution in [0.4, 0.5) is 8.78 Å². The molecule has 1 spiro atoms. The zero-order valence-electron chi connectivity index (χ0n) is 12.5. The molecule has 0 bridgehead atoms. The second-order valence-corrected chi connectivity index (χ2v) is 6.68. The van der Waals surface area contributed by atoms with Gasteiger partial charge in [0.1, 0.15) is 5.75 Å². The molecule has 0 saturated heterocycles. The van der Waals surface area contributed by atoms with Gasteiger partial charge in [-0.1, -0.05) is 17.7 Å². The number of benzene rings is 1. The fourth-order valence-electron chi connectivity index (χ4n) is 3.74. The number of hydrogen-bond donors (Lipinski definition) is 0. The summed E-state index contributed by atoms with van der Waals surface area (Å²) in [5.74, 6) is -1.93. The van der Waals surface area contributed by atoms with Gasteiger partial charge in [0, 0.05) is 23.3 Å². The Bertz CT molecular complexity index is 834. The number of rotatable bonds is 2. The van der Waals surface area contributed by atoms with Crippen LogP contribution in [0.2, 0.25) is 0 Å². The van der Waals surface area contributed by atoms with E-state index in [9.17, 15) is 13.6 Å². The van der Waals surface area contributed by atoms with Crippen molar-refractivity contribution in [1.29, 1.82) is 0 Å². The molecule has 1 aromatic heterocycles. The van der Waals surface area contributed by atoms with Gasteiger partial charge in [-0.15, -0.1) is 0 Å². The number of hydrogen-bond acceptors (Lipinski definition) is 2. The van der Waals surface area contributed by atoms with Gasteiger partial charge in [-0.2, -0.15) is 0 Å². The third-order valence-electron chi connectivity index (χ3n) is 5.24. The third kappa shape index (κ3) is 1.68. The van der Waals surface area contributed by atoms with E-state index in [0.717, 1.165) is 10.9 Å². The molecule has 1 aromatic carbocycles. The number of fused-ring (bicyclic) bond motifs is 1. The molecular weight excluding hydrogens is 288 g/mol. The molecule has 0 aliphatic heterocycles. The van der Waals surface area contributed by atoms with Gasteiger partial charge < -0.3 is 9.30 Å². The third-order valence-corrected chi connectivity index (χ3v) is 5.24. The molecule has 2 fully saturated rings. The Labute approximate surface area is 126 Å². The molecule has 1 heterocycles. The van der Waals surface area contributed by atoms with E-state index in [2.05, 4.69) is 0 Å². The maximum absolute atomic E-state index is 13.4. The van der Waals surface area contributed by atoms with Gasteiger partial charge in [0.2, 0.25) is 0 Å². The van der Waals surface area contributed by atoms with Crippen molar-refractivity contribution < 1.29 is 13.5 Å². The van der Waals surface area contributed by atoms with E-state index in [0.29, 0.717) is 24.0 Å². The average molecular weight is 305 g/mol. The van der Waals surface area contributed by atoms with E-state index in [1.54, 1.807) is 17.9 Å². The Hall–Kier alpha value is -1.91. The molecule has 2 aromatic rings. The monoisotopic (exact) mass is 305 g/mol. The lowest BCUT2D eigenvalue weighted by Gasteiger charge is -2.37. The highest BCUT2D eigenvalue weighted by Crippen LogP contribution is 2.73. The zero-order chi connectivity index (χ0) is 15.7. The van der Waals surface area contributed by atoms with E-state index in [-0.39, 0.29) is 18.0 Å². The highest BCUT2D eigenvalue weighted by molar-refractivity contribution is 5.87. The SMILES string of the molecule is COc1cn(C2CC3(C2)CC3(F)F)c(=O)c2cc(C)ccc12. The summed E-state index contributed by atoms with van der Waals surface area (Å²) in [6, 6.07) is 5.47. The number of nitrogens with zero attached hydrogens (tertiary/aromatic N) is 1. The second-order valence-electron chi connectivity index (χ2n) is 6.68. The van der Waals surface area contributed by atoms with Crippen molar-refractivity contribution in [2.24, 2.45) is 5.41 Å². The normalized spacial score (nSPS) is 28.6. The van der Waals surface area contributed by atoms with Crippen LogP contribution < -0.4 is 10.3 Å². The quantitative estimate of drug-likeness (QED) is 0.847. The van der Waals surface area contributed by atoms with Crippen molar-refractivity contribution in [2.45, 2.75) is 38.2 Å². The van der Waals surface area contributed by atoms with E-state index in [4.69, 9.17) is 4.74 Å². The summed E-state index contributed by atoms with van der Waals surface area (Å²) in [6.07, 6.45) is 2.38. The standard InChI is InChI=1S/C17H17F2NO2/c1-10-3-4-12-13(5-10)15(21)20(8-14(12)22-2)11-6-16(7-11)9-17(16,18)19/h3-5,8,11H,6-7,9H2,1-2H3. The molecule has 3 nitrogen and oxygen atoms in total. The minimum Gasteiger partial charge on any atom is -0.495 e. The lowest BCUT2D eigenvalue weighted by atomic mass is 9.76. The Morgan fingerprint density at radius 1 is 1.27 bits per heavy atom. The van der Waals surface area contributed by atoms with Gasteiger partial charge in [0.05, 0.1) is 18.7 Å². The number of alkyl halides is 2. The maximum atomic E-state index is 13.4. The molecule has 2 aliphatic rings.